The van der Waals surface area contributed by atoms with Gasteiger partial charge in [0.2, 0.25) is 5.91 Å². The molecule has 0 spiro atoms. The maximum Gasteiger partial charge on any atom is 0.308 e. The van der Waals surface area contributed by atoms with Gasteiger partial charge in [0.05, 0.1) is 0 Å². The molecular weight excluding hydrogens is 238 g/mol. The Balaban J connectivity index is 2.79. The van der Waals surface area contributed by atoms with Gasteiger partial charge in [-0.3, -0.25) is 14.2 Å². The number of carbonyl (C=O) groups is 1. The molecule has 0 aliphatic rings. The van der Waals surface area contributed by atoms with Gasteiger partial charge in [0.15, 0.2) is 0 Å². The molecule has 0 radical (unpaired) electrons. The average molecular weight is 257 g/mol. The van der Waals surface area contributed by atoms with Crippen LogP contribution >= 0.6 is 11.3 Å². The van der Waals surface area contributed by atoms with Crippen molar-refractivity contribution in [3.05, 3.63) is 20.2 Å². The molecule has 0 aromatic carbocycles. The van der Waals surface area contributed by atoms with Gasteiger partial charge in [0.1, 0.15) is 6.54 Å². The van der Waals surface area contributed by atoms with Gasteiger partial charge in [-0.15, -0.1) is 0 Å². The summed E-state index contributed by atoms with van der Waals surface area (Å²) in [5.74, 6) is -0.191. The summed E-state index contributed by atoms with van der Waals surface area (Å²) >= 11 is 1.16. The fraction of sp³-hybridized carbons (Fsp3) is 0.636. The lowest BCUT2D eigenvalue weighted by molar-refractivity contribution is -0.123. The van der Waals surface area contributed by atoms with Crippen LogP contribution in [0.3, 0.4) is 0 Å². The first kappa shape index (κ1) is 13.9. The first-order chi connectivity index (χ1) is 7.76. The largest absolute Gasteiger partial charge is 0.348 e. The Labute approximate surface area is 105 Å². The van der Waals surface area contributed by atoms with E-state index in [0.29, 0.717) is 6.54 Å². The van der Waals surface area contributed by atoms with Crippen molar-refractivity contribution in [1.29, 1.82) is 0 Å². The molecule has 0 fully saturated rings. The van der Waals surface area contributed by atoms with Gasteiger partial charge < -0.3 is 11.1 Å². The number of nitrogens with zero attached hydrogens (tertiary/aromatic N) is 1. The molecular formula is C11H19N3O2S. The van der Waals surface area contributed by atoms with E-state index in [1.807, 2.05) is 27.7 Å². The van der Waals surface area contributed by atoms with Crippen LogP contribution in [0.2, 0.25) is 0 Å². The Bertz CT molecular complexity index is 474. The standard InChI is InChI=1S/C11H19N3O2S/c1-7-8(2)17-10(16)14(7)5-9(15)13-11(3,4)6-12/h5-6,12H2,1-4H3,(H,13,15). The van der Waals surface area contributed by atoms with Gasteiger partial charge in [-0.1, -0.05) is 11.3 Å². The number of nitrogens with one attached hydrogen (secondary N) is 1. The van der Waals surface area contributed by atoms with Gasteiger partial charge in [-0.05, 0) is 27.7 Å². The summed E-state index contributed by atoms with van der Waals surface area (Å²) in [5.41, 5.74) is 5.93. The monoisotopic (exact) mass is 257 g/mol. The third-order valence-corrected chi connectivity index (χ3v) is 3.66. The normalized spacial score (nSPS) is 11.6. The summed E-state index contributed by atoms with van der Waals surface area (Å²) < 4.78 is 1.49. The molecule has 0 aliphatic heterocycles. The highest BCUT2D eigenvalue weighted by atomic mass is 32.1. The summed E-state index contributed by atoms with van der Waals surface area (Å²) in [6, 6.07) is 0. The first-order valence-electron chi connectivity index (χ1n) is 5.45. The van der Waals surface area contributed by atoms with Crippen molar-refractivity contribution < 1.29 is 4.79 Å². The van der Waals surface area contributed by atoms with Crippen molar-refractivity contribution in [2.45, 2.75) is 39.8 Å². The maximum absolute atomic E-state index is 11.8. The van der Waals surface area contributed by atoms with Gasteiger partial charge in [0.25, 0.3) is 0 Å². The molecule has 1 heterocycles. The van der Waals surface area contributed by atoms with Crippen LogP contribution in [0.15, 0.2) is 4.79 Å². The molecule has 0 saturated carbocycles. The van der Waals surface area contributed by atoms with Crippen molar-refractivity contribution in [3.63, 3.8) is 0 Å². The van der Waals surface area contributed by atoms with E-state index in [4.69, 9.17) is 5.73 Å². The van der Waals surface area contributed by atoms with Crippen molar-refractivity contribution in [2.24, 2.45) is 5.73 Å². The topological polar surface area (TPSA) is 77.1 Å². The van der Waals surface area contributed by atoms with E-state index in [2.05, 4.69) is 5.32 Å². The molecule has 0 saturated heterocycles. The van der Waals surface area contributed by atoms with E-state index in [9.17, 15) is 9.59 Å². The van der Waals surface area contributed by atoms with Crippen LogP contribution in [-0.4, -0.2) is 22.6 Å². The molecule has 1 aromatic rings. The summed E-state index contributed by atoms with van der Waals surface area (Å²) in [5, 5.41) is 2.80. The predicted octanol–water partition coefficient (Wildman–Crippen LogP) is 0.380. The van der Waals surface area contributed by atoms with E-state index in [1.54, 1.807) is 0 Å². The first-order valence-corrected chi connectivity index (χ1v) is 6.26. The fourth-order valence-electron chi connectivity index (χ4n) is 1.38. The van der Waals surface area contributed by atoms with Crippen LogP contribution in [0.4, 0.5) is 0 Å². The molecule has 0 bridgehead atoms. The van der Waals surface area contributed by atoms with Crippen LogP contribution in [-0.2, 0) is 11.3 Å². The smallest absolute Gasteiger partial charge is 0.308 e. The number of carbonyl (C=O) groups excluding carboxylic acids is 1. The molecule has 0 aliphatic carbocycles. The van der Waals surface area contributed by atoms with E-state index >= 15 is 0 Å². The molecule has 5 nitrogen and oxygen atoms in total. The maximum atomic E-state index is 11.8. The summed E-state index contributed by atoms with van der Waals surface area (Å²) in [6.45, 7) is 7.82. The van der Waals surface area contributed by atoms with Crippen LogP contribution in [0.5, 0.6) is 0 Å². The fourth-order valence-corrected chi connectivity index (χ4v) is 2.21. The van der Waals surface area contributed by atoms with E-state index < -0.39 is 5.54 Å². The number of hydrogen-bond acceptors (Lipinski definition) is 4. The molecule has 6 heteroatoms. The van der Waals surface area contributed by atoms with Gasteiger partial charge in [0, 0.05) is 22.7 Å². The number of rotatable bonds is 4. The Hall–Kier alpha value is -1.14. The lowest BCUT2D eigenvalue weighted by Gasteiger charge is -2.24. The van der Waals surface area contributed by atoms with Gasteiger partial charge in [-0.25, -0.2) is 0 Å². The number of nitrogens with two attached hydrogens (primary N) is 1. The number of aryl methyl sites for hydroxylation is 1. The highest BCUT2D eigenvalue weighted by molar-refractivity contribution is 7.09. The Morgan fingerprint density at radius 1 is 1.47 bits per heavy atom. The summed E-state index contributed by atoms with van der Waals surface area (Å²) in [6.07, 6.45) is 0. The molecule has 17 heavy (non-hydrogen) atoms. The zero-order valence-electron chi connectivity index (χ0n) is 10.7. The van der Waals surface area contributed by atoms with Crippen LogP contribution in [0.1, 0.15) is 24.4 Å². The molecule has 1 amide bonds. The van der Waals surface area contributed by atoms with Crippen LogP contribution in [0, 0.1) is 13.8 Å². The van der Waals surface area contributed by atoms with E-state index in [0.717, 1.165) is 21.9 Å². The lowest BCUT2D eigenvalue weighted by atomic mass is 10.1. The number of hydrogen-bond donors (Lipinski definition) is 2. The SMILES string of the molecule is Cc1sc(=O)n(CC(=O)NC(C)(C)CN)c1C. The van der Waals surface area contributed by atoms with Crippen LogP contribution in [0.25, 0.3) is 0 Å². The second-order valence-corrected chi connectivity index (χ2v) is 5.90. The van der Waals surface area contributed by atoms with E-state index in [-0.39, 0.29) is 17.3 Å². The minimum Gasteiger partial charge on any atom is -0.348 e. The molecule has 96 valence electrons. The quantitative estimate of drug-likeness (QED) is 0.818. The minimum absolute atomic E-state index is 0.0540. The second-order valence-electron chi connectivity index (χ2n) is 4.73. The van der Waals surface area contributed by atoms with E-state index in [1.165, 1.54) is 4.57 Å². The predicted molar refractivity (Wildman–Crippen MR) is 69.3 cm³/mol. The third-order valence-electron chi connectivity index (χ3n) is 2.67. The number of aromatic nitrogens is 1. The van der Waals surface area contributed by atoms with Gasteiger partial charge in [-0.2, -0.15) is 0 Å². The van der Waals surface area contributed by atoms with Crippen molar-refractivity contribution >= 4 is 17.2 Å². The minimum atomic E-state index is -0.445. The van der Waals surface area contributed by atoms with Gasteiger partial charge >= 0.3 is 4.87 Å². The molecule has 0 atom stereocenters. The number of thiazole rings is 1. The summed E-state index contributed by atoms with van der Waals surface area (Å²) in [4.78, 5) is 24.2. The molecule has 1 aromatic heterocycles. The highest BCUT2D eigenvalue weighted by Gasteiger charge is 2.19. The van der Waals surface area contributed by atoms with Crippen molar-refractivity contribution in [3.8, 4) is 0 Å². The third kappa shape index (κ3) is 3.41. The highest BCUT2D eigenvalue weighted by Crippen LogP contribution is 2.09. The zero-order valence-corrected chi connectivity index (χ0v) is 11.5. The second kappa shape index (κ2) is 5.01. The van der Waals surface area contributed by atoms with Crippen LogP contribution < -0.4 is 15.9 Å². The summed E-state index contributed by atoms with van der Waals surface area (Å²) in [7, 11) is 0. The Morgan fingerprint density at radius 3 is 2.47 bits per heavy atom. The number of amides is 1. The molecule has 3 N–H and O–H groups in total. The Kier molecular flexibility index (Phi) is 4.11. The Morgan fingerprint density at radius 2 is 2.06 bits per heavy atom. The average Bonchev–Trinajstić information content (AvgIpc) is 2.44. The van der Waals surface area contributed by atoms with Crippen molar-refractivity contribution in [2.75, 3.05) is 6.54 Å². The zero-order chi connectivity index (χ0) is 13.2. The van der Waals surface area contributed by atoms with Crippen molar-refractivity contribution in [1.82, 2.24) is 9.88 Å². The molecule has 1 rings (SSSR count). The molecule has 0 unspecified atom stereocenters. The lowest BCUT2D eigenvalue weighted by Crippen LogP contribution is -2.50.